The molecule has 4 aromatic rings. The van der Waals surface area contributed by atoms with Crippen LogP contribution in [0.5, 0.6) is 0 Å². The molecule has 1 unspecified atom stereocenters. The van der Waals surface area contributed by atoms with Gasteiger partial charge in [0.15, 0.2) is 0 Å². The number of carbonyl (C=O) groups is 1. The fraction of sp³-hybridized carbons (Fsp3) is 0.133. The molecule has 8 nitrogen and oxygen atoms in total. The number of H-pyrrole nitrogens is 1. The Morgan fingerprint density at radius 1 is 1.05 bits per heavy atom. The molecule has 3 N–H and O–H groups in total. The first-order valence-corrected chi connectivity index (χ1v) is 14.1. The van der Waals surface area contributed by atoms with Crippen molar-refractivity contribution in [2.45, 2.75) is 17.4 Å². The molecule has 2 aromatic carbocycles. The Labute approximate surface area is 231 Å². The maximum Gasteiger partial charge on any atom is 0.318 e. The van der Waals surface area contributed by atoms with Crippen LogP contribution in [0, 0.1) is 5.82 Å². The van der Waals surface area contributed by atoms with Gasteiger partial charge < -0.3 is 15.0 Å². The van der Waals surface area contributed by atoms with Crippen molar-refractivity contribution in [1.29, 1.82) is 0 Å². The Bertz CT molecular complexity index is 1650. The van der Waals surface area contributed by atoms with Crippen LogP contribution in [-0.4, -0.2) is 47.5 Å². The van der Waals surface area contributed by atoms with Crippen LogP contribution in [0.3, 0.4) is 0 Å². The molecule has 2 aromatic heterocycles. The molecule has 40 heavy (non-hydrogen) atoms. The number of aliphatic carboxylic acids is 1. The van der Waals surface area contributed by atoms with Gasteiger partial charge in [-0.15, -0.1) is 0 Å². The van der Waals surface area contributed by atoms with Crippen molar-refractivity contribution >= 4 is 27.6 Å². The van der Waals surface area contributed by atoms with Gasteiger partial charge in [0.05, 0.1) is 10.9 Å². The molecular weight excluding hydrogens is 531 g/mol. The number of carboxylic acids is 1. The van der Waals surface area contributed by atoms with Crippen molar-refractivity contribution in [1.82, 2.24) is 19.6 Å². The zero-order chi connectivity index (χ0) is 28.1. The van der Waals surface area contributed by atoms with E-state index < -0.39 is 22.5 Å². The lowest BCUT2D eigenvalue weighted by Gasteiger charge is -2.35. The molecule has 10 heteroatoms. The maximum atomic E-state index is 13.7. The molecule has 0 aliphatic carbocycles. The monoisotopic (exact) mass is 558 g/mol. The number of rotatable bonds is 9. The molecule has 0 saturated carbocycles. The Morgan fingerprint density at radius 2 is 1.75 bits per heavy atom. The van der Waals surface area contributed by atoms with E-state index in [9.17, 15) is 17.6 Å². The minimum Gasteiger partial charge on any atom is -0.480 e. The SMILES string of the molecule is O=C(O)CNS(=O)(=O)c1ccc(C=CN2CC=C(c3c[nH]cc3-c3ccncc3)CC2c2ccc(F)cc2)cc1. The highest BCUT2D eigenvalue weighted by Crippen LogP contribution is 2.39. The van der Waals surface area contributed by atoms with Crippen LogP contribution in [-0.2, 0) is 14.8 Å². The molecule has 1 atom stereocenters. The Balaban J connectivity index is 1.40. The molecule has 5 rings (SSSR count). The average Bonchev–Trinajstić information content (AvgIpc) is 3.46. The van der Waals surface area contributed by atoms with E-state index in [4.69, 9.17) is 5.11 Å². The lowest BCUT2D eigenvalue weighted by atomic mass is 9.88. The van der Waals surface area contributed by atoms with E-state index in [1.54, 1.807) is 36.7 Å². The number of aromatic nitrogens is 2. The number of nitrogens with one attached hydrogen (secondary N) is 2. The normalized spacial score (nSPS) is 15.8. The number of hydrogen-bond donors (Lipinski definition) is 3. The minimum atomic E-state index is -3.92. The van der Waals surface area contributed by atoms with E-state index in [-0.39, 0.29) is 16.8 Å². The van der Waals surface area contributed by atoms with Gasteiger partial charge in [-0.05, 0) is 71.2 Å². The second-order valence-corrected chi connectivity index (χ2v) is 11.1. The smallest absolute Gasteiger partial charge is 0.318 e. The van der Waals surface area contributed by atoms with Crippen LogP contribution in [0.15, 0.2) is 103 Å². The number of hydrogen-bond acceptors (Lipinski definition) is 5. The lowest BCUT2D eigenvalue weighted by molar-refractivity contribution is -0.135. The summed E-state index contributed by atoms with van der Waals surface area (Å²) >= 11 is 0. The average molecular weight is 559 g/mol. The summed E-state index contributed by atoms with van der Waals surface area (Å²) in [5, 5.41) is 8.75. The van der Waals surface area contributed by atoms with Crippen molar-refractivity contribution in [2.75, 3.05) is 13.1 Å². The van der Waals surface area contributed by atoms with Gasteiger partial charge in [-0.2, -0.15) is 4.72 Å². The summed E-state index contributed by atoms with van der Waals surface area (Å²) in [7, 11) is -3.92. The third-order valence-corrected chi connectivity index (χ3v) is 8.18. The highest BCUT2D eigenvalue weighted by atomic mass is 32.2. The van der Waals surface area contributed by atoms with Gasteiger partial charge >= 0.3 is 5.97 Å². The zero-order valence-corrected chi connectivity index (χ0v) is 22.2. The van der Waals surface area contributed by atoms with E-state index >= 15 is 0 Å². The second-order valence-electron chi connectivity index (χ2n) is 9.32. The number of aromatic amines is 1. The number of nitrogens with zero attached hydrogens (tertiary/aromatic N) is 2. The van der Waals surface area contributed by atoms with Gasteiger partial charge in [0.25, 0.3) is 0 Å². The van der Waals surface area contributed by atoms with Crippen LogP contribution in [0.2, 0.25) is 0 Å². The van der Waals surface area contributed by atoms with Crippen LogP contribution >= 0.6 is 0 Å². The molecule has 0 spiro atoms. The molecule has 0 amide bonds. The summed E-state index contributed by atoms with van der Waals surface area (Å²) in [4.78, 5) is 20.2. The second kappa shape index (κ2) is 11.7. The summed E-state index contributed by atoms with van der Waals surface area (Å²) in [6.07, 6.45) is 14.2. The van der Waals surface area contributed by atoms with Crippen molar-refractivity contribution in [3.05, 3.63) is 120 Å². The van der Waals surface area contributed by atoms with E-state index in [2.05, 4.69) is 20.9 Å². The third kappa shape index (κ3) is 6.19. The van der Waals surface area contributed by atoms with Crippen molar-refractivity contribution in [3.8, 4) is 11.1 Å². The van der Waals surface area contributed by atoms with Gasteiger partial charge in [0, 0.05) is 48.7 Å². The van der Waals surface area contributed by atoms with E-state index in [1.165, 1.54) is 29.8 Å². The van der Waals surface area contributed by atoms with E-state index in [1.807, 2.05) is 41.5 Å². The first kappa shape index (κ1) is 27.0. The number of halogens is 1. The van der Waals surface area contributed by atoms with Gasteiger partial charge in [-0.1, -0.05) is 30.3 Å². The molecule has 3 heterocycles. The van der Waals surface area contributed by atoms with Gasteiger partial charge in [0.2, 0.25) is 10.0 Å². The van der Waals surface area contributed by atoms with Gasteiger partial charge in [-0.3, -0.25) is 9.78 Å². The molecular formula is C30H27FN4O4S. The predicted octanol–water partition coefficient (Wildman–Crippen LogP) is 5.08. The Kier molecular flexibility index (Phi) is 7.90. The maximum absolute atomic E-state index is 13.7. The quantitative estimate of drug-likeness (QED) is 0.264. The van der Waals surface area contributed by atoms with Crippen LogP contribution in [0.1, 0.15) is 29.2 Å². The molecule has 0 radical (unpaired) electrons. The molecule has 0 fully saturated rings. The van der Waals surface area contributed by atoms with Gasteiger partial charge in [0.1, 0.15) is 12.4 Å². The highest BCUT2D eigenvalue weighted by Gasteiger charge is 2.25. The van der Waals surface area contributed by atoms with Crippen molar-refractivity contribution in [2.24, 2.45) is 0 Å². The van der Waals surface area contributed by atoms with E-state index in [0.717, 1.165) is 27.8 Å². The number of pyridine rings is 1. The fourth-order valence-electron chi connectivity index (χ4n) is 4.71. The zero-order valence-electron chi connectivity index (χ0n) is 21.4. The Hall–Kier alpha value is -4.54. The lowest BCUT2D eigenvalue weighted by Crippen LogP contribution is -2.29. The number of sulfonamides is 1. The van der Waals surface area contributed by atoms with E-state index in [0.29, 0.717) is 13.0 Å². The largest absolute Gasteiger partial charge is 0.480 e. The first-order valence-electron chi connectivity index (χ1n) is 12.6. The first-order chi connectivity index (χ1) is 19.3. The molecule has 1 aliphatic heterocycles. The molecule has 1 aliphatic rings. The van der Waals surface area contributed by atoms with Crippen LogP contribution in [0.4, 0.5) is 4.39 Å². The number of carboxylic acid groups (broad SMARTS) is 1. The summed E-state index contributed by atoms with van der Waals surface area (Å²) < 4.78 is 40.3. The molecule has 204 valence electrons. The highest BCUT2D eigenvalue weighted by molar-refractivity contribution is 7.89. The summed E-state index contributed by atoms with van der Waals surface area (Å²) in [5.41, 5.74) is 6.18. The Morgan fingerprint density at radius 3 is 2.45 bits per heavy atom. The summed E-state index contributed by atoms with van der Waals surface area (Å²) in [6, 6.07) is 16.6. The topological polar surface area (TPSA) is 115 Å². The summed E-state index contributed by atoms with van der Waals surface area (Å²) in [6.45, 7) is -0.0769. The standard InChI is InChI=1S/C30H27FN4O4S/c31-25-5-3-23(4-6-25)29-17-24(28-19-33-18-27(28)22-9-13-32-14-10-22)12-16-35(29)15-11-21-1-7-26(8-2-21)40(38,39)34-20-30(36)37/h1-15,18-19,29,33-34H,16-17,20H2,(H,36,37). The molecule has 0 bridgehead atoms. The predicted molar refractivity (Wildman–Crippen MR) is 151 cm³/mol. The fourth-order valence-corrected chi connectivity index (χ4v) is 5.68. The van der Waals surface area contributed by atoms with Crippen LogP contribution < -0.4 is 4.72 Å². The molecule has 0 saturated heterocycles. The van der Waals surface area contributed by atoms with Crippen molar-refractivity contribution < 1.29 is 22.7 Å². The van der Waals surface area contributed by atoms with Gasteiger partial charge in [-0.25, -0.2) is 12.8 Å². The number of benzene rings is 2. The minimum absolute atomic E-state index is 0.0165. The van der Waals surface area contributed by atoms with Crippen LogP contribution in [0.25, 0.3) is 22.8 Å². The summed E-state index contributed by atoms with van der Waals surface area (Å²) in [5.74, 6) is -1.56. The third-order valence-electron chi connectivity index (χ3n) is 6.76. The van der Waals surface area contributed by atoms with Crippen molar-refractivity contribution in [3.63, 3.8) is 0 Å².